The van der Waals surface area contributed by atoms with Gasteiger partial charge in [0.2, 0.25) is 5.95 Å². The molecule has 0 aliphatic carbocycles. The Morgan fingerprint density at radius 3 is 2.63 bits per heavy atom. The maximum absolute atomic E-state index is 11.7. The van der Waals surface area contributed by atoms with Crippen molar-refractivity contribution in [1.29, 1.82) is 0 Å². The van der Waals surface area contributed by atoms with E-state index >= 15 is 0 Å². The Labute approximate surface area is 159 Å². The number of pyridine rings is 1. The minimum atomic E-state index is -0.434. The molecule has 27 heavy (non-hydrogen) atoms. The first-order valence-corrected chi connectivity index (χ1v) is 8.96. The summed E-state index contributed by atoms with van der Waals surface area (Å²) in [4.78, 5) is 29.2. The predicted octanol–water partition coefficient (Wildman–Crippen LogP) is 1.53. The summed E-state index contributed by atoms with van der Waals surface area (Å²) in [6, 6.07) is 5.50. The minimum Gasteiger partial charge on any atom is -0.464 e. The Hall–Kier alpha value is -2.98. The number of aryl methyl sites for hydroxylation is 1. The van der Waals surface area contributed by atoms with Crippen LogP contribution in [-0.4, -0.2) is 65.7 Å². The number of methoxy groups -OCH3 is 1. The molecule has 2 aromatic heterocycles. The third-order valence-corrected chi connectivity index (χ3v) is 4.45. The number of ether oxygens (including phenoxy) is 1. The standard InChI is InChI=1S/C20H23N5O2/c1-16-7-8-17(23-18(16)19(26)27-2)6-3-4-11-24-12-14-25(15-13-24)20-21-9-5-10-22-20/h5,7-10H,4,11-15H2,1-2H3. The van der Waals surface area contributed by atoms with Crippen molar-refractivity contribution in [2.45, 2.75) is 13.3 Å². The third-order valence-electron chi connectivity index (χ3n) is 4.45. The molecule has 0 aromatic carbocycles. The number of aromatic nitrogens is 3. The molecule has 0 saturated carbocycles. The van der Waals surface area contributed by atoms with Crippen LogP contribution in [0.2, 0.25) is 0 Å². The van der Waals surface area contributed by atoms with Crippen LogP contribution in [-0.2, 0) is 4.74 Å². The molecule has 2 aromatic rings. The van der Waals surface area contributed by atoms with Crippen LogP contribution < -0.4 is 4.90 Å². The molecule has 0 N–H and O–H groups in total. The minimum absolute atomic E-state index is 0.323. The predicted molar refractivity (Wildman–Crippen MR) is 102 cm³/mol. The van der Waals surface area contributed by atoms with E-state index in [1.54, 1.807) is 12.4 Å². The highest BCUT2D eigenvalue weighted by Gasteiger charge is 2.17. The van der Waals surface area contributed by atoms with Gasteiger partial charge < -0.3 is 9.64 Å². The summed E-state index contributed by atoms with van der Waals surface area (Å²) in [7, 11) is 1.35. The lowest BCUT2D eigenvalue weighted by molar-refractivity contribution is 0.0593. The lowest BCUT2D eigenvalue weighted by atomic mass is 10.2. The van der Waals surface area contributed by atoms with E-state index in [0.717, 1.165) is 50.7 Å². The van der Waals surface area contributed by atoms with Crippen molar-refractivity contribution >= 4 is 11.9 Å². The zero-order valence-electron chi connectivity index (χ0n) is 15.7. The van der Waals surface area contributed by atoms with Gasteiger partial charge in [-0.25, -0.2) is 19.7 Å². The number of rotatable bonds is 4. The third kappa shape index (κ3) is 5.02. The topological polar surface area (TPSA) is 71.5 Å². The maximum Gasteiger partial charge on any atom is 0.356 e. The molecule has 0 atom stereocenters. The van der Waals surface area contributed by atoms with Gasteiger partial charge in [-0.2, -0.15) is 0 Å². The first kappa shape index (κ1) is 18.8. The molecule has 0 bridgehead atoms. The first-order valence-electron chi connectivity index (χ1n) is 8.96. The fourth-order valence-electron chi connectivity index (χ4n) is 2.89. The molecular formula is C20H23N5O2. The SMILES string of the molecule is COC(=O)c1nc(C#CCCN2CCN(c3ncccn3)CC2)ccc1C. The molecule has 7 heteroatoms. The highest BCUT2D eigenvalue weighted by Crippen LogP contribution is 2.10. The lowest BCUT2D eigenvalue weighted by Gasteiger charge is -2.34. The summed E-state index contributed by atoms with van der Waals surface area (Å²) in [6.07, 6.45) is 4.30. The maximum atomic E-state index is 11.7. The lowest BCUT2D eigenvalue weighted by Crippen LogP contribution is -2.47. The van der Waals surface area contributed by atoms with Gasteiger partial charge in [-0.05, 0) is 30.5 Å². The summed E-state index contributed by atoms with van der Waals surface area (Å²) in [5.74, 6) is 6.55. The van der Waals surface area contributed by atoms with Crippen molar-refractivity contribution in [3.63, 3.8) is 0 Å². The summed E-state index contributed by atoms with van der Waals surface area (Å²) in [6.45, 7) is 6.51. The number of hydrogen-bond acceptors (Lipinski definition) is 7. The van der Waals surface area contributed by atoms with Crippen molar-refractivity contribution in [2.24, 2.45) is 0 Å². The molecule has 7 nitrogen and oxygen atoms in total. The summed E-state index contributed by atoms with van der Waals surface area (Å²) in [5.41, 5.74) is 1.70. The van der Waals surface area contributed by atoms with Crippen LogP contribution in [0.25, 0.3) is 0 Å². The van der Waals surface area contributed by atoms with E-state index in [2.05, 4.69) is 36.6 Å². The van der Waals surface area contributed by atoms with Gasteiger partial charge in [-0.15, -0.1) is 0 Å². The Bertz CT molecular complexity index is 836. The molecule has 1 fully saturated rings. The molecule has 1 aliphatic rings. The number of nitrogens with zero attached hydrogens (tertiary/aromatic N) is 5. The Morgan fingerprint density at radius 1 is 1.19 bits per heavy atom. The second-order valence-electron chi connectivity index (χ2n) is 6.28. The fraction of sp³-hybridized carbons (Fsp3) is 0.400. The van der Waals surface area contributed by atoms with Crippen LogP contribution in [0.1, 0.15) is 28.2 Å². The van der Waals surface area contributed by atoms with Crippen LogP contribution in [0.5, 0.6) is 0 Å². The van der Waals surface area contributed by atoms with E-state index in [4.69, 9.17) is 4.74 Å². The van der Waals surface area contributed by atoms with Gasteiger partial charge in [0, 0.05) is 51.5 Å². The van der Waals surface area contributed by atoms with Gasteiger partial charge in [-0.3, -0.25) is 4.90 Å². The van der Waals surface area contributed by atoms with Crippen LogP contribution in [0, 0.1) is 18.8 Å². The number of hydrogen-bond donors (Lipinski definition) is 0. The van der Waals surface area contributed by atoms with Crippen molar-refractivity contribution in [3.8, 4) is 11.8 Å². The molecule has 1 saturated heterocycles. The van der Waals surface area contributed by atoms with Gasteiger partial charge >= 0.3 is 5.97 Å². The molecule has 0 unspecified atom stereocenters. The smallest absolute Gasteiger partial charge is 0.356 e. The van der Waals surface area contributed by atoms with Crippen LogP contribution in [0.15, 0.2) is 30.6 Å². The molecule has 1 aliphatic heterocycles. The Kier molecular flexibility index (Phi) is 6.34. The number of piperazine rings is 1. The van der Waals surface area contributed by atoms with E-state index in [1.165, 1.54) is 7.11 Å². The van der Waals surface area contributed by atoms with E-state index in [0.29, 0.717) is 11.4 Å². The second kappa shape index (κ2) is 9.10. The van der Waals surface area contributed by atoms with Crippen LogP contribution >= 0.6 is 0 Å². The van der Waals surface area contributed by atoms with Crippen LogP contribution in [0.3, 0.4) is 0 Å². The van der Waals surface area contributed by atoms with E-state index < -0.39 is 5.97 Å². The Balaban J connectivity index is 1.48. The van der Waals surface area contributed by atoms with Gasteiger partial charge in [0.15, 0.2) is 5.69 Å². The normalized spacial score (nSPS) is 14.4. The number of esters is 1. The van der Waals surface area contributed by atoms with Crippen molar-refractivity contribution in [1.82, 2.24) is 19.9 Å². The molecule has 0 amide bonds. The second-order valence-corrected chi connectivity index (χ2v) is 6.28. The van der Waals surface area contributed by atoms with E-state index in [1.807, 2.05) is 25.1 Å². The first-order chi connectivity index (χ1) is 13.2. The number of carbonyl (C=O) groups excluding carboxylic acids is 1. The largest absolute Gasteiger partial charge is 0.464 e. The monoisotopic (exact) mass is 365 g/mol. The van der Waals surface area contributed by atoms with Crippen molar-refractivity contribution in [3.05, 3.63) is 47.5 Å². The van der Waals surface area contributed by atoms with E-state index in [9.17, 15) is 4.79 Å². The molecule has 140 valence electrons. The molecule has 3 rings (SSSR count). The van der Waals surface area contributed by atoms with Crippen molar-refractivity contribution < 1.29 is 9.53 Å². The van der Waals surface area contributed by atoms with Gasteiger partial charge in [-0.1, -0.05) is 12.0 Å². The molecule has 0 spiro atoms. The average Bonchev–Trinajstić information content (AvgIpc) is 2.73. The molecule has 3 heterocycles. The number of anilines is 1. The zero-order valence-corrected chi connectivity index (χ0v) is 15.7. The highest BCUT2D eigenvalue weighted by molar-refractivity contribution is 5.88. The zero-order chi connectivity index (χ0) is 19.1. The quantitative estimate of drug-likeness (QED) is 0.601. The summed E-state index contributed by atoms with van der Waals surface area (Å²) in [5, 5.41) is 0. The summed E-state index contributed by atoms with van der Waals surface area (Å²) >= 11 is 0. The van der Waals surface area contributed by atoms with E-state index in [-0.39, 0.29) is 0 Å². The Morgan fingerprint density at radius 2 is 1.93 bits per heavy atom. The van der Waals surface area contributed by atoms with Crippen molar-refractivity contribution in [2.75, 3.05) is 44.7 Å². The average molecular weight is 365 g/mol. The summed E-state index contributed by atoms with van der Waals surface area (Å²) < 4.78 is 4.75. The molecular weight excluding hydrogens is 342 g/mol. The molecule has 0 radical (unpaired) electrons. The fourth-order valence-corrected chi connectivity index (χ4v) is 2.89. The number of carbonyl (C=O) groups is 1. The van der Waals surface area contributed by atoms with Gasteiger partial charge in [0.25, 0.3) is 0 Å². The van der Waals surface area contributed by atoms with Gasteiger partial charge in [0.05, 0.1) is 7.11 Å². The van der Waals surface area contributed by atoms with Crippen LogP contribution in [0.4, 0.5) is 5.95 Å². The van der Waals surface area contributed by atoms with Gasteiger partial charge in [0.1, 0.15) is 5.69 Å². The highest BCUT2D eigenvalue weighted by atomic mass is 16.5.